The molecule has 3 nitrogen and oxygen atoms in total. The number of hydrogen-bond donors (Lipinski definition) is 1. The van der Waals surface area contributed by atoms with Crippen LogP contribution in [0.1, 0.15) is 15.9 Å². The van der Waals surface area contributed by atoms with Gasteiger partial charge in [0.25, 0.3) is 0 Å². The molecule has 0 aliphatic rings. The molecule has 0 atom stereocenters. The summed E-state index contributed by atoms with van der Waals surface area (Å²) in [5.41, 5.74) is 1.43. The molecule has 14 heavy (non-hydrogen) atoms. The quantitative estimate of drug-likeness (QED) is 0.733. The summed E-state index contributed by atoms with van der Waals surface area (Å²) >= 11 is 0. The molecule has 0 radical (unpaired) electrons. The first-order valence-corrected chi connectivity index (χ1v) is 4.55. The van der Waals surface area contributed by atoms with Crippen molar-refractivity contribution in [2.24, 2.45) is 0 Å². The van der Waals surface area contributed by atoms with Crippen LogP contribution in [0.4, 0.5) is 0 Å². The summed E-state index contributed by atoms with van der Waals surface area (Å²) in [7, 11) is 4.00. The van der Waals surface area contributed by atoms with E-state index in [1.54, 1.807) is 12.1 Å². The van der Waals surface area contributed by atoms with Crippen molar-refractivity contribution in [1.29, 1.82) is 0 Å². The highest BCUT2D eigenvalue weighted by Gasteiger charge is 2.01. The van der Waals surface area contributed by atoms with E-state index in [1.165, 1.54) is 0 Å². The molecule has 1 rings (SSSR count). The van der Waals surface area contributed by atoms with E-state index in [1.807, 2.05) is 20.2 Å². The van der Waals surface area contributed by atoms with Crippen molar-refractivity contribution in [3.05, 3.63) is 29.3 Å². The number of hydrogen-bond acceptors (Lipinski definition) is 3. The molecule has 0 fully saturated rings. The lowest BCUT2D eigenvalue weighted by atomic mass is 10.1. The van der Waals surface area contributed by atoms with Crippen LogP contribution in [0.15, 0.2) is 18.2 Å². The van der Waals surface area contributed by atoms with Crippen LogP contribution in [-0.2, 0) is 6.42 Å². The molecule has 0 saturated heterocycles. The molecule has 0 aliphatic heterocycles. The Labute approximate surface area is 84.0 Å². The SMILES string of the molecule is CN(C)CCc1ccc(O)c(C=O)c1. The second-order valence-corrected chi connectivity index (χ2v) is 3.56. The average molecular weight is 193 g/mol. The van der Waals surface area contributed by atoms with Crippen LogP contribution in [-0.4, -0.2) is 36.9 Å². The first-order valence-electron chi connectivity index (χ1n) is 4.55. The van der Waals surface area contributed by atoms with Gasteiger partial charge in [-0.3, -0.25) is 4.79 Å². The van der Waals surface area contributed by atoms with Crippen molar-refractivity contribution in [2.45, 2.75) is 6.42 Å². The van der Waals surface area contributed by atoms with E-state index in [0.717, 1.165) is 18.5 Å². The van der Waals surface area contributed by atoms with Crippen LogP contribution in [0.3, 0.4) is 0 Å². The summed E-state index contributed by atoms with van der Waals surface area (Å²) in [5, 5.41) is 9.27. The van der Waals surface area contributed by atoms with Gasteiger partial charge in [-0.15, -0.1) is 0 Å². The molecule has 0 saturated carbocycles. The Morgan fingerprint density at radius 2 is 2.14 bits per heavy atom. The highest BCUT2D eigenvalue weighted by atomic mass is 16.3. The van der Waals surface area contributed by atoms with Gasteiger partial charge in [-0.25, -0.2) is 0 Å². The number of carbonyl (C=O) groups is 1. The van der Waals surface area contributed by atoms with E-state index >= 15 is 0 Å². The van der Waals surface area contributed by atoms with Crippen LogP contribution in [0.25, 0.3) is 0 Å². The highest BCUT2D eigenvalue weighted by Crippen LogP contribution is 2.16. The Morgan fingerprint density at radius 3 is 2.71 bits per heavy atom. The van der Waals surface area contributed by atoms with Gasteiger partial charge in [0.2, 0.25) is 0 Å². The fourth-order valence-electron chi connectivity index (χ4n) is 1.21. The second-order valence-electron chi connectivity index (χ2n) is 3.56. The third kappa shape index (κ3) is 2.85. The topological polar surface area (TPSA) is 40.5 Å². The van der Waals surface area contributed by atoms with Crippen LogP contribution in [0, 0.1) is 0 Å². The lowest BCUT2D eigenvalue weighted by Gasteiger charge is -2.09. The summed E-state index contributed by atoms with van der Waals surface area (Å²) in [6.45, 7) is 0.934. The van der Waals surface area contributed by atoms with Crippen molar-refractivity contribution in [3.63, 3.8) is 0 Å². The molecule has 1 aromatic rings. The molecule has 3 heteroatoms. The Kier molecular flexibility index (Phi) is 3.65. The van der Waals surface area contributed by atoms with Crippen LogP contribution in [0.5, 0.6) is 5.75 Å². The number of carbonyl (C=O) groups excluding carboxylic acids is 1. The molecule has 1 N–H and O–H groups in total. The van der Waals surface area contributed by atoms with E-state index in [-0.39, 0.29) is 5.75 Å². The normalized spacial score (nSPS) is 10.5. The third-order valence-corrected chi connectivity index (χ3v) is 2.07. The van der Waals surface area contributed by atoms with Gasteiger partial charge in [-0.05, 0) is 38.2 Å². The Morgan fingerprint density at radius 1 is 1.43 bits per heavy atom. The fourth-order valence-corrected chi connectivity index (χ4v) is 1.21. The first-order chi connectivity index (χ1) is 6.63. The van der Waals surface area contributed by atoms with Gasteiger partial charge in [-0.2, -0.15) is 0 Å². The zero-order chi connectivity index (χ0) is 10.6. The predicted octanol–water partition coefficient (Wildman–Crippen LogP) is 1.31. The van der Waals surface area contributed by atoms with E-state index in [2.05, 4.69) is 4.90 Å². The maximum Gasteiger partial charge on any atom is 0.153 e. The maximum absolute atomic E-state index is 10.5. The Balaban J connectivity index is 2.74. The van der Waals surface area contributed by atoms with Gasteiger partial charge in [0.05, 0.1) is 5.56 Å². The van der Waals surface area contributed by atoms with E-state index < -0.39 is 0 Å². The zero-order valence-corrected chi connectivity index (χ0v) is 8.53. The maximum atomic E-state index is 10.5. The minimum atomic E-state index is 0.0496. The van der Waals surface area contributed by atoms with E-state index in [0.29, 0.717) is 11.8 Å². The monoisotopic (exact) mass is 193 g/mol. The van der Waals surface area contributed by atoms with Crippen molar-refractivity contribution in [2.75, 3.05) is 20.6 Å². The second kappa shape index (κ2) is 4.77. The molecule has 0 heterocycles. The van der Waals surface area contributed by atoms with Gasteiger partial charge < -0.3 is 10.0 Å². The Bertz CT molecular complexity index is 321. The van der Waals surface area contributed by atoms with Gasteiger partial charge in [0, 0.05) is 6.54 Å². The number of nitrogens with zero attached hydrogens (tertiary/aromatic N) is 1. The predicted molar refractivity (Wildman–Crippen MR) is 55.8 cm³/mol. The summed E-state index contributed by atoms with van der Waals surface area (Å²) in [6, 6.07) is 5.13. The average Bonchev–Trinajstić information content (AvgIpc) is 2.16. The molecule has 76 valence electrons. The number of rotatable bonds is 4. The van der Waals surface area contributed by atoms with Crippen LogP contribution < -0.4 is 0 Å². The number of likely N-dealkylation sites (N-methyl/N-ethyl adjacent to an activating group) is 1. The first kappa shape index (κ1) is 10.7. The standard InChI is InChI=1S/C11H15NO2/c1-12(2)6-5-9-3-4-11(14)10(7-9)8-13/h3-4,7-8,14H,5-6H2,1-2H3. The van der Waals surface area contributed by atoms with Crippen LogP contribution in [0.2, 0.25) is 0 Å². The third-order valence-electron chi connectivity index (χ3n) is 2.07. The fraction of sp³-hybridized carbons (Fsp3) is 0.364. The molecule has 0 bridgehead atoms. The summed E-state index contributed by atoms with van der Waals surface area (Å²) in [5.74, 6) is 0.0496. The van der Waals surface area contributed by atoms with Crippen molar-refractivity contribution >= 4 is 6.29 Å². The van der Waals surface area contributed by atoms with Crippen LogP contribution >= 0.6 is 0 Å². The molecule has 0 aromatic heterocycles. The largest absolute Gasteiger partial charge is 0.507 e. The molecular formula is C11H15NO2. The zero-order valence-electron chi connectivity index (χ0n) is 8.53. The highest BCUT2D eigenvalue weighted by molar-refractivity contribution is 5.79. The van der Waals surface area contributed by atoms with Crippen molar-refractivity contribution in [1.82, 2.24) is 4.90 Å². The van der Waals surface area contributed by atoms with Gasteiger partial charge in [0.15, 0.2) is 6.29 Å². The minimum Gasteiger partial charge on any atom is -0.507 e. The molecule has 0 spiro atoms. The molecule has 0 amide bonds. The van der Waals surface area contributed by atoms with Gasteiger partial charge in [0.1, 0.15) is 5.75 Å². The molecular weight excluding hydrogens is 178 g/mol. The van der Waals surface area contributed by atoms with Gasteiger partial charge in [-0.1, -0.05) is 6.07 Å². The number of aldehydes is 1. The number of aromatic hydroxyl groups is 1. The van der Waals surface area contributed by atoms with Crippen molar-refractivity contribution in [3.8, 4) is 5.75 Å². The minimum absolute atomic E-state index is 0.0496. The summed E-state index contributed by atoms with van der Waals surface area (Å²) < 4.78 is 0. The van der Waals surface area contributed by atoms with E-state index in [4.69, 9.17) is 0 Å². The molecule has 0 aliphatic carbocycles. The number of benzene rings is 1. The smallest absolute Gasteiger partial charge is 0.153 e. The lowest BCUT2D eigenvalue weighted by Crippen LogP contribution is -2.15. The Hall–Kier alpha value is -1.35. The molecule has 1 aromatic carbocycles. The summed E-state index contributed by atoms with van der Waals surface area (Å²) in [6.07, 6.45) is 1.56. The molecule has 0 unspecified atom stereocenters. The lowest BCUT2D eigenvalue weighted by molar-refractivity contribution is 0.112. The van der Waals surface area contributed by atoms with E-state index in [9.17, 15) is 9.90 Å². The number of phenols is 1. The van der Waals surface area contributed by atoms with Gasteiger partial charge >= 0.3 is 0 Å². The van der Waals surface area contributed by atoms with Crippen molar-refractivity contribution < 1.29 is 9.90 Å². The number of phenolic OH excluding ortho intramolecular Hbond substituents is 1. The summed E-state index contributed by atoms with van der Waals surface area (Å²) in [4.78, 5) is 12.6.